The van der Waals surface area contributed by atoms with Crippen LogP contribution in [0.1, 0.15) is 27.2 Å². The van der Waals surface area contributed by atoms with Crippen LogP contribution in [0.2, 0.25) is 0 Å². The van der Waals surface area contributed by atoms with Gasteiger partial charge in [0, 0.05) is 25.6 Å². The van der Waals surface area contributed by atoms with Crippen LogP contribution in [0.5, 0.6) is 0 Å². The van der Waals surface area contributed by atoms with Crippen molar-refractivity contribution in [3.8, 4) is 0 Å². The molecule has 0 saturated carbocycles. The summed E-state index contributed by atoms with van der Waals surface area (Å²) < 4.78 is 36.0. The third-order valence-electron chi connectivity index (χ3n) is 2.25. The Morgan fingerprint density at radius 3 is 2.19 bits per heavy atom. The molecule has 0 aromatic carbocycles. The number of alkyl halides is 3. The van der Waals surface area contributed by atoms with Crippen LogP contribution in [0.3, 0.4) is 0 Å². The van der Waals surface area contributed by atoms with Gasteiger partial charge in [0.05, 0.1) is 13.0 Å². The first-order valence-electron chi connectivity index (χ1n) is 6.63. The maximum atomic E-state index is 12.0. The number of amides is 1. The first kappa shape index (κ1) is 22.5. The van der Waals surface area contributed by atoms with E-state index in [1.165, 1.54) is 0 Å². The molecule has 3 N–H and O–H groups in total. The zero-order chi connectivity index (χ0) is 15.6. The van der Waals surface area contributed by atoms with Crippen LogP contribution in [0.25, 0.3) is 0 Å². The maximum absolute atomic E-state index is 12.0. The van der Waals surface area contributed by atoms with Gasteiger partial charge >= 0.3 is 6.18 Å². The van der Waals surface area contributed by atoms with Crippen molar-refractivity contribution in [3.05, 3.63) is 0 Å². The lowest BCUT2D eigenvalue weighted by Crippen LogP contribution is -2.42. The third-order valence-corrected chi connectivity index (χ3v) is 2.25. The van der Waals surface area contributed by atoms with Crippen LogP contribution in [0.4, 0.5) is 13.2 Å². The average molecular weight is 424 g/mol. The molecule has 0 radical (unpaired) electrons. The summed E-state index contributed by atoms with van der Waals surface area (Å²) >= 11 is 0. The van der Waals surface area contributed by atoms with Crippen LogP contribution in [0.15, 0.2) is 4.99 Å². The molecule has 0 rings (SSSR count). The van der Waals surface area contributed by atoms with Gasteiger partial charge in [0.25, 0.3) is 0 Å². The molecule has 1 amide bonds. The number of hydrogen-bond donors (Lipinski definition) is 3. The number of carbonyl (C=O) groups is 1. The molecule has 0 bridgehead atoms. The Labute approximate surface area is 140 Å². The van der Waals surface area contributed by atoms with Crippen molar-refractivity contribution in [2.24, 2.45) is 10.9 Å². The van der Waals surface area contributed by atoms with E-state index in [1.54, 1.807) is 13.8 Å². The van der Waals surface area contributed by atoms with Crippen molar-refractivity contribution in [2.75, 3.05) is 26.2 Å². The molecule has 0 spiro atoms. The van der Waals surface area contributed by atoms with E-state index in [0.717, 1.165) is 0 Å². The van der Waals surface area contributed by atoms with Gasteiger partial charge in [-0.05, 0) is 6.92 Å². The van der Waals surface area contributed by atoms with Crippen LogP contribution < -0.4 is 16.0 Å². The third kappa shape index (κ3) is 14.0. The second kappa shape index (κ2) is 11.9. The molecule has 0 heterocycles. The Bertz CT molecular complexity index is 322. The summed E-state index contributed by atoms with van der Waals surface area (Å²) in [4.78, 5) is 15.1. The van der Waals surface area contributed by atoms with Crippen LogP contribution >= 0.6 is 24.0 Å². The lowest BCUT2D eigenvalue weighted by molar-refractivity contribution is -0.132. The summed E-state index contributed by atoms with van der Waals surface area (Å²) in [5.41, 5.74) is 0. The van der Waals surface area contributed by atoms with Crippen molar-refractivity contribution in [1.82, 2.24) is 16.0 Å². The van der Waals surface area contributed by atoms with Crippen molar-refractivity contribution in [2.45, 2.75) is 33.4 Å². The van der Waals surface area contributed by atoms with E-state index < -0.39 is 12.6 Å². The topological polar surface area (TPSA) is 65.5 Å². The molecule has 5 nitrogen and oxygen atoms in total. The Morgan fingerprint density at radius 1 is 1.14 bits per heavy atom. The molecule has 0 aliphatic rings. The van der Waals surface area contributed by atoms with Gasteiger partial charge in [0.15, 0.2) is 5.96 Å². The lowest BCUT2D eigenvalue weighted by Gasteiger charge is -2.13. The minimum absolute atomic E-state index is 0. The number of nitrogens with one attached hydrogen (secondary N) is 3. The maximum Gasteiger partial charge on any atom is 0.390 e. The molecule has 0 atom stereocenters. The van der Waals surface area contributed by atoms with Gasteiger partial charge in [-0.2, -0.15) is 13.2 Å². The van der Waals surface area contributed by atoms with Gasteiger partial charge < -0.3 is 16.0 Å². The van der Waals surface area contributed by atoms with Crippen molar-refractivity contribution in [1.29, 1.82) is 0 Å². The molecule has 0 aliphatic heterocycles. The minimum Gasteiger partial charge on any atom is -0.357 e. The van der Waals surface area contributed by atoms with Crippen molar-refractivity contribution < 1.29 is 18.0 Å². The summed E-state index contributed by atoms with van der Waals surface area (Å²) in [6.45, 7) is 6.41. The monoisotopic (exact) mass is 424 g/mol. The van der Waals surface area contributed by atoms with Gasteiger partial charge in [-0.1, -0.05) is 13.8 Å². The lowest BCUT2D eigenvalue weighted by atomic mass is 10.2. The smallest absolute Gasteiger partial charge is 0.357 e. The number of guanidine groups is 1. The zero-order valence-corrected chi connectivity index (χ0v) is 14.8. The van der Waals surface area contributed by atoms with Gasteiger partial charge in [-0.3, -0.25) is 9.79 Å². The molecular formula is C12H24F3IN4O. The molecule has 0 aromatic heterocycles. The van der Waals surface area contributed by atoms with E-state index in [-0.39, 0.29) is 42.3 Å². The van der Waals surface area contributed by atoms with E-state index in [2.05, 4.69) is 20.9 Å². The highest BCUT2D eigenvalue weighted by atomic mass is 127. The Morgan fingerprint density at radius 2 is 1.71 bits per heavy atom. The van der Waals surface area contributed by atoms with Gasteiger partial charge in [0.2, 0.25) is 5.91 Å². The minimum atomic E-state index is -4.20. The van der Waals surface area contributed by atoms with E-state index in [4.69, 9.17) is 0 Å². The Hall–Kier alpha value is -0.740. The van der Waals surface area contributed by atoms with Gasteiger partial charge in [0.1, 0.15) is 0 Å². The Kier molecular flexibility index (Phi) is 12.7. The fourth-order valence-corrected chi connectivity index (χ4v) is 1.21. The predicted octanol–water partition coefficient (Wildman–Crippen LogP) is 1.88. The molecule has 0 saturated heterocycles. The van der Waals surface area contributed by atoms with Crippen LogP contribution in [-0.2, 0) is 4.79 Å². The first-order valence-corrected chi connectivity index (χ1v) is 6.63. The highest BCUT2D eigenvalue weighted by Crippen LogP contribution is 2.18. The molecule has 0 aromatic rings. The quantitative estimate of drug-likeness (QED) is 0.253. The molecule has 9 heteroatoms. The average Bonchev–Trinajstić information content (AvgIpc) is 2.32. The second-order valence-electron chi connectivity index (χ2n) is 4.50. The van der Waals surface area contributed by atoms with E-state index in [1.807, 2.05) is 6.92 Å². The van der Waals surface area contributed by atoms with Gasteiger partial charge in [-0.15, -0.1) is 24.0 Å². The number of halogens is 4. The molecule has 0 fully saturated rings. The molecular weight excluding hydrogens is 400 g/mol. The Balaban J connectivity index is 0. The van der Waals surface area contributed by atoms with Crippen LogP contribution in [0, 0.1) is 5.92 Å². The van der Waals surface area contributed by atoms with Crippen molar-refractivity contribution in [3.63, 3.8) is 0 Å². The molecule has 0 unspecified atom stereocenters. The van der Waals surface area contributed by atoms with E-state index in [0.29, 0.717) is 25.6 Å². The fourth-order valence-electron chi connectivity index (χ4n) is 1.21. The number of carbonyl (C=O) groups excluding carboxylic acids is 1. The summed E-state index contributed by atoms with van der Waals surface area (Å²) in [6.07, 6.45) is -5.15. The number of aliphatic imine (C=N–C) groups is 1. The largest absolute Gasteiger partial charge is 0.390 e. The summed E-state index contributed by atoms with van der Waals surface area (Å²) in [6, 6.07) is 0. The fraction of sp³-hybridized carbons (Fsp3) is 0.833. The highest BCUT2D eigenvalue weighted by Gasteiger charge is 2.26. The number of hydrogen-bond acceptors (Lipinski definition) is 2. The molecule has 21 heavy (non-hydrogen) atoms. The summed E-state index contributed by atoms with van der Waals surface area (Å²) in [5, 5.41) is 8.39. The molecule has 126 valence electrons. The predicted molar refractivity (Wildman–Crippen MR) is 87.9 cm³/mol. The van der Waals surface area contributed by atoms with E-state index >= 15 is 0 Å². The standard InChI is InChI=1S/C12H23F3N4O.HI/c1-4-16-11(18-6-5-12(13,14)15)19-8-7-17-10(20)9(2)3;/h9H,4-8H2,1-3H3,(H,17,20)(H2,16,18,19);1H. The number of nitrogens with zero attached hydrogens (tertiary/aromatic N) is 1. The summed E-state index contributed by atoms with van der Waals surface area (Å²) in [5.74, 6) is 0.157. The van der Waals surface area contributed by atoms with Crippen molar-refractivity contribution >= 4 is 35.8 Å². The van der Waals surface area contributed by atoms with E-state index in [9.17, 15) is 18.0 Å². The molecule has 0 aliphatic carbocycles. The SMILES string of the molecule is CCNC(=NCCC(F)(F)F)NCCNC(=O)C(C)C.I. The number of rotatable bonds is 7. The summed E-state index contributed by atoms with van der Waals surface area (Å²) in [7, 11) is 0. The zero-order valence-electron chi connectivity index (χ0n) is 12.5. The normalized spacial score (nSPS) is 11.9. The highest BCUT2D eigenvalue weighted by molar-refractivity contribution is 14.0. The second-order valence-corrected chi connectivity index (χ2v) is 4.50. The van der Waals surface area contributed by atoms with Crippen LogP contribution in [-0.4, -0.2) is 44.2 Å². The first-order chi connectivity index (χ1) is 9.26. The van der Waals surface area contributed by atoms with Gasteiger partial charge in [-0.25, -0.2) is 0 Å².